The van der Waals surface area contributed by atoms with Gasteiger partial charge in [-0.2, -0.15) is 0 Å². The molecule has 0 bridgehead atoms. The first-order chi connectivity index (χ1) is 15.8. The zero-order valence-corrected chi connectivity index (χ0v) is 19.2. The second-order valence-electron chi connectivity index (χ2n) is 9.06. The fourth-order valence-corrected chi connectivity index (χ4v) is 6.78. The third-order valence-corrected chi connectivity index (χ3v) is 8.08. The van der Waals surface area contributed by atoms with E-state index in [0.29, 0.717) is 29.0 Å². The molecule has 2 aromatic rings. The van der Waals surface area contributed by atoms with Gasteiger partial charge in [0.1, 0.15) is 5.54 Å². The van der Waals surface area contributed by atoms with Gasteiger partial charge in [0.2, 0.25) is 17.7 Å². The Hall–Kier alpha value is -3.11. The molecule has 3 fully saturated rings. The molecule has 4 atom stereocenters. The van der Waals surface area contributed by atoms with Crippen molar-refractivity contribution in [3.05, 3.63) is 62.1 Å². The van der Waals surface area contributed by atoms with Gasteiger partial charge in [0.05, 0.1) is 22.4 Å². The molecule has 1 spiro atoms. The van der Waals surface area contributed by atoms with Crippen LogP contribution in [-0.2, 0) is 19.9 Å². The number of carbonyl (C=O) groups is 3. The SMILES string of the molecule is Cc1cc([N+](=O)[O-])ccc1N1C(=O)[C@@H]2[C@@H]3CCCN3[C@@]3(C(=O)Nc4ccc(Br)cc43)[C@H]2C1=O. The summed E-state index contributed by atoms with van der Waals surface area (Å²) in [6, 6.07) is 9.39. The van der Waals surface area contributed by atoms with E-state index in [0.717, 1.165) is 22.2 Å². The number of nitrogens with zero attached hydrogens (tertiary/aromatic N) is 3. The molecule has 4 heterocycles. The number of nitro benzene ring substituents is 1. The van der Waals surface area contributed by atoms with Gasteiger partial charge >= 0.3 is 0 Å². The van der Waals surface area contributed by atoms with E-state index in [-0.39, 0.29) is 23.5 Å². The van der Waals surface area contributed by atoms with Gasteiger partial charge in [0.15, 0.2) is 0 Å². The molecule has 0 unspecified atom stereocenters. The van der Waals surface area contributed by atoms with Crippen molar-refractivity contribution in [2.24, 2.45) is 11.8 Å². The summed E-state index contributed by atoms with van der Waals surface area (Å²) in [4.78, 5) is 55.2. The van der Waals surface area contributed by atoms with Gasteiger partial charge in [0.25, 0.3) is 5.69 Å². The number of anilines is 2. The molecule has 10 heteroatoms. The molecule has 0 aliphatic carbocycles. The van der Waals surface area contributed by atoms with Crippen LogP contribution in [0.4, 0.5) is 17.1 Å². The Morgan fingerprint density at radius 1 is 1.15 bits per heavy atom. The Bertz CT molecular complexity index is 1300. The predicted molar refractivity (Wildman–Crippen MR) is 121 cm³/mol. The normalized spacial score (nSPS) is 30.1. The minimum Gasteiger partial charge on any atom is -0.324 e. The number of non-ortho nitro benzene ring substituents is 1. The van der Waals surface area contributed by atoms with Crippen LogP contribution in [0.5, 0.6) is 0 Å². The third-order valence-electron chi connectivity index (χ3n) is 7.59. The van der Waals surface area contributed by atoms with Crippen LogP contribution in [0.15, 0.2) is 40.9 Å². The van der Waals surface area contributed by atoms with Crippen LogP contribution in [0.25, 0.3) is 0 Å². The van der Waals surface area contributed by atoms with Gasteiger partial charge in [0, 0.05) is 33.9 Å². The number of hydrogen-bond acceptors (Lipinski definition) is 6. The van der Waals surface area contributed by atoms with E-state index in [1.807, 2.05) is 18.2 Å². The number of hydrogen-bond donors (Lipinski definition) is 1. The van der Waals surface area contributed by atoms with Gasteiger partial charge < -0.3 is 5.32 Å². The van der Waals surface area contributed by atoms with Gasteiger partial charge in [-0.25, -0.2) is 4.90 Å². The van der Waals surface area contributed by atoms with Crippen LogP contribution in [0.3, 0.4) is 0 Å². The lowest BCUT2D eigenvalue weighted by Crippen LogP contribution is -2.54. The van der Waals surface area contributed by atoms with Crippen molar-refractivity contribution in [2.75, 3.05) is 16.8 Å². The van der Waals surface area contributed by atoms with Crippen molar-refractivity contribution >= 4 is 50.7 Å². The van der Waals surface area contributed by atoms with E-state index in [1.54, 1.807) is 6.92 Å². The summed E-state index contributed by atoms with van der Waals surface area (Å²) in [6.07, 6.45) is 1.57. The Kier molecular flexibility index (Phi) is 4.16. The number of halogens is 1. The highest BCUT2D eigenvalue weighted by atomic mass is 79.9. The zero-order valence-electron chi connectivity index (χ0n) is 17.6. The maximum absolute atomic E-state index is 14.0. The van der Waals surface area contributed by atoms with Gasteiger partial charge in [-0.15, -0.1) is 0 Å². The second-order valence-corrected chi connectivity index (χ2v) is 9.97. The minimum atomic E-state index is -1.25. The summed E-state index contributed by atoms with van der Waals surface area (Å²) in [5, 5.41) is 14.1. The fourth-order valence-electron chi connectivity index (χ4n) is 6.42. The van der Waals surface area contributed by atoms with Crippen molar-refractivity contribution in [3.8, 4) is 0 Å². The summed E-state index contributed by atoms with van der Waals surface area (Å²) in [6.45, 7) is 2.28. The molecule has 2 aromatic carbocycles. The largest absolute Gasteiger partial charge is 0.324 e. The van der Waals surface area contributed by atoms with E-state index in [2.05, 4.69) is 26.1 Å². The standard InChI is InChI=1S/C23H19BrN4O5/c1-11-9-13(28(32)33)5-7-16(11)27-20(29)18-17-3-2-8-26(17)23(19(18)21(27)30)14-10-12(24)4-6-15(14)25-22(23)31/h4-7,9-10,17-19H,2-3,8H2,1H3,(H,25,31)/t17-,18+,19+,23+/m0/s1. The number of imide groups is 1. The summed E-state index contributed by atoms with van der Waals surface area (Å²) < 4.78 is 0.788. The lowest BCUT2D eigenvalue weighted by molar-refractivity contribution is -0.384. The molecule has 0 saturated carbocycles. The predicted octanol–water partition coefficient (Wildman–Crippen LogP) is 3.10. The molecular formula is C23H19BrN4O5. The molecule has 6 rings (SSSR count). The molecule has 4 aliphatic rings. The monoisotopic (exact) mass is 510 g/mol. The first kappa shape index (κ1) is 20.5. The van der Waals surface area contributed by atoms with Crippen LogP contribution in [0, 0.1) is 28.9 Å². The number of nitro groups is 1. The van der Waals surface area contributed by atoms with E-state index in [4.69, 9.17) is 0 Å². The molecule has 168 valence electrons. The first-order valence-corrected chi connectivity index (χ1v) is 11.6. The van der Waals surface area contributed by atoms with E-state index >= 15 is 0 Å². The zero-order chi connectivity index (χ0) is 23.2. The third kappa shape index (κ3) is 2.42. The van der Waals surface area contributed by atoms with Crippen molar-refractivity contribution < 1.29 is 19.3 Å². The average Bonchev–Trinajstić information content (AvgIpc) is 3.47. The van der Waals surface area contributed by atoms with Crippen molar-refractivity contribution in [1.29, 1.82) is 0 Å². The number of rotatable bonds is 2. The quantitative estimate of drug-likeness (QED) is 0.377. The lowest BCUT2D eigenvalue weighted by Gasteiger charge is -2.36. The van der Waals surface area contributed by atoms with Crippen LogP contribution < -0.4 is 10.2 Å². The van der Waals surface area contributed by atoms with Crippen molar-refractivity contribution in [3.63, 3.8) is 0 Å². The lowest BCUT2D eigenvalue weighted by atomic mass is 9.75. The molecule has 0 aromatic heterocycles. The van der Waals surface area contributed by atoms with Gasteiger partial charge in [-0.05, 0) is 56.1 Å². The number of benzene rings is 2. The highest BCUT2D eigenvalue weighted by molar-refractivity contribution is 9.10. The summed E-state index contributed by atoms with van der Waals surface area (Å²) in [5.74, 6) is -2.56. The summed E-state index contributed by atoms with van der Waals surface area (Å²) >= 11 is 3.49. The number of amides is 3. The molecule has 9 nitrogen and oxygen atoms in total. The Balaban J connectivity index is 1.53. The maximum Gasteiger partial charge on any atom is 0.269 e. The highest BCUT2D eigenvalue weighted by Gasteiger charge is 2.74. The molecular weight excluding hydrogens is 492 g/mol. The first-order valence-electron chi connectivity index (χ1n) is 10.8. The number of aryl methyl sites for hydroxylation is 1. The maximum atomic E-state index is 14.0. The molecule has 3 saturated heterocycles. The van der Waals surface area contributed by atoms with E-state index < -0.39 is 28.2 Å². The Labute approximate surface area is 197 Å². The van der Waals surface area contributed by atoms with Crippen molar-refractivity contribution in [2.45, 2.75) is 31.3 Å². The smallest absolute Gasteiger partial charge is 0.269 e. The van der Waals surface area contributed by atoms with E-state index in [1.165, 1.54) is 18.2 Å². The highest BCUT2D eigenvalue weighted by Crippen LogP contribution is 2.61. The number of carbonyl (C=O) groups excluding carboxylic acids is 3. The number of nitrogens with one attached hydrogen (secondary N) is 1. The summed E-state index contributed by atoms with van der Waals surface area (Å²) in [7, 11) is 0. The minimum absolute atomic E-state index is 0.108. The van der Waals surface area contributed by atoms with Gasteiger partial charge in [-0.1, -0.05) is 15.9 Å². The topological polar surface area (TPSA) is 113 Å². The Morgan fingerprint density at radius 2 is 1.94 bits per heavy atom. The average molecular weight is 511 g/mol. The molecule has 4 aliphatic heterocycles. The van der Waals surface area contributed by atoms with Crippen LogP contribution >= 0.6 is 15.9 Å². The Morgan fingerprint density at radius 3 is 2.67 bits per heavy atom. The van der Waals surface area contributed by atoms with Crippen LogP contribution in [0.1, 0.15) is 24.0 Å². The molecule has 1 N–H and O–H groups in total. The van der Waals surface area contributed by atoms with Crippen molar-refractivity contribution in [1.82, 2.24) is 4.90 Å². The van der Waals surface area contributed by atoms with E-state index in [9.17, 15) is 24.5 Å². The molecule has 0 radical (unpaired) electrons. The van der Waals surface area contributed by atoms with Crippen LogP contribution in [-0.4, -0.2) is 40.1 Å². The van der Waals surface area contributed by atoms with Crippen LogP contribution in [0.2, 0.25) is 0 Å². The fraction of sp³-hybridized carbons (Fsp3) is 0.348. The summed E-state index contributed by atoms with van der Waals surface area (Å²) in [5.41, 5.74) is 0.799. The number of fused-ring (bicyclic) bond motifs is 7. The molecule has 33 heavy (non-hydrogen) atoms. The van der Waals surface area contributed by atoms with Gasteiger partial charge in [-0.3, -0.25) is 29.4 Å². The molecule has 3 amide bonds. The second kappa shape index (κ2) is 6.71.